The summed E-state index contributed by atoms with van der Waals surface area (Å²) in [6, 6.07) is 4.77. The quantitative estimate of drug-likeness (QED) is 0.845. The van der Waals surface area contributed by atoms with Gasteiger partial charge in [-0.3, -0.25) is 4.79 Å². The number of halogens is 2. The Labute approximate surface area is 126 Å². The Morgan fingerprint density at radius 3 is 2.50 bits per heavy atom. The first-order valence-corrected chi connectivity index (χ1v) is 6.60. The molecule has 0 aromatic heterocycles. The van der Waals surface area contributed by atoms with Crippen molar-refractivity contribution >= 4 is 35.1 Å². The SMILES string of the molecule is CC(C)(NC(=O)CCOc1ccc(Cl)c(Cl)c1)C(=O)O. The number of carbonyl (C=O) groups is 2. The smallest absolute Gasteiger partial charge is 0.328 e. The van der Waals surface area contributed by atoms with Gasteiger partial charge in [0.25, 0.3) is 0 Å². The Balaban J connectivity index is 2.42. The molecule has 7 heteroatoms. The third kappa shape index (κ3) is 4.90. The molecule has 2 N–H and O–H groups in total. The second kappa shape index (κ2) is 6.81. The van der Waals surface area contributed by atoms with Crippen LogP contribution in [0.5, 0.6) is 5.75 Å². The largest absolute Gasteiger partial charge is 0.493 e. The number of amides is 1. The van der Waals surface area contributed by atoms with Crippen LogP contribution in [0.4, 0.5) is 0 Å². The molecule has 5 nitrogen and oxygen atoms in total. The monoisotopic (exact) mass is 319 g/mol. The molecule has 0 saturated heterocycles. The minimum atomic E-state index is -1.30. The van der Waals surface area contributed by atoms with Crippen LogP contribution >= 0.6 is 23.2 Å². The van der Waals surface area contributed by atoms with Crippen LogP contribution in [0.15, 0.2) is 18.2 Å². The second-order valence-electron chi connectivity index (χ2n) is 4.65. The number of carboxylic acids is 1. The van der Waals surface area contributed by atoms with Crippen molar-refractivity contribution in [1.29, 1.82) is 0 Å². The van der Waals surface area contributed by atoms with Crippen molar-refractivity contribution in [2.45, 2.75) is 25.8 Å². The molecule has 0 spiro atoms. The molecule has 0 saturated carbocycles. The van der Waals surface area contributed by atoms with E-state index < -0.39 is 17.4 Å². The van der Waals surface area contributed by atoms with Crippen LogP contribution in [0.3, 0.4) is 0 Å². The number of nitrogens with one attached hydrogen (secondary N) is 1. The summed E-state index contributed by atoms with van der Waals surface area (Å²) >= 11 is 11.6. The van der Waals surface area contributed by atoms with Crippen LogP contribution in [0, 0.1) is 0 Å². The van der Waals surface area contributed by atoms with E-state index in [4.69, 9.17) is 33.0 Å². The molecule has 0 heterocycles. The van der Waals surface area contributed by atoms with E-state index in [1.807, 2.05) is 0 Å². The second-order valence-corrected chi connectivity index (χ2v) is 5.47. The van der Waals surface area contributed by atoms with Crippen LogP contribution < -0.4 is 10.1 Å². The molecule has 0 bridgehead atoms. The van der Waals surface area contributed by atoms with Crippen LogP contribution in [-0.4, -0.2) is 29.1 Å². The van der Waals surface area contributed by atoms with Crippen LogP contribution in [0.25, 0.3) is 0 Å². The number of rotatable bonds is 6. The summed E-state index contributed by atoms with van der Waals surface area (Å²) in [5, 5.41) is 12.1. The van der Waals surface area contributed by atoms with Gasteiger partial charge in [-0.05, 0) is 26.0 Å². The predicted octanol–water partition coefficient (Wildman–Crippen LogP) is 2.74. The fraction of sp³-hybridized carbons (Fsp3) is 0.385. The zero-order valence-corrected chi connectivity index (χ0v) is 12.6. The van der Waals surface area contributed by atoms with Crippen molar-refractivity contribution in [3.8, 4) is 5.75 Å². The minimum absolute atomic E-state index is 0.0386. The number of hydrogen-bond donors (Lipinski definition) is 2. The number of ether oxygens (including phenoxy) is 1. The third-order valence-electron chi connectivity index (χ3n) is 2.48. The summed E-state index contributed by atoms with van der Waals surface area (Å²) in [4.78, 5) is 22.4. The van der Waals surface area contributed by atoms with Gasteiger partial charge in [0.1, 0.15) is 11.3 Å². The van der Waals surface area contributed by atoms with Gasteiger partial charge in [0, 0.05) is 6.07 Å². The maximum atomic E-state index is 11.6. The highest BCUT2D eigenvalue weighted by molar-refractivity contribution is 6.42. The van der Waals surface area contributed by atoms with Gasteiger partial charge in [0.05, 0.1) is 23.1 Å². The summed E-state index contributed by atoms with van der Waals surface area (Å²) in [5.41, 5.74) is -1.30. The lowest BCUT2D eigenvalue weighted by Crippen LogP contribution is -2.49. The standard InChI is InChI=1S/C13H15Cl2NO4/c1-13(2,12(18)19)16-11(17)5-6-20-8-3-4-9(14)10(15)7-8/h3-4,7H,5-6H2,1-2H3,(H,16,17)(H,18,19). The van der Waals surface area contributed by atoms with Gasteiger partial charge in [-0.1, -0.05) is 23.2 Å². The highest BCUT2D eigenvalue weighted by Gasteiger charge is 2.28. The van der Waals surface area contributed by atoms with Crippen molar-refractivity contribution in [3.05, 3.63) is 28.2 Å². The Morgan fingerprint density at radius 1 is 1.30 bits per heavy atom. The molecular formula is C13H15Cl2NO4. The maximum absolute atomic E-state index is 11.6. The normalized spacial score (nSPS) is 11.0. The van der Waals surface area contributed by atoms with E-state index in [1.54, 1.807) is 18.2 Å². The first-order chi connectivity index (χ1) is 9.22. The summed E-state index contributed by atoms with van der Waals surface area (Å²) in [5.74, 6) is -1.02. The molecule has 0 radical (unpaired) electrons. The average Bonchev–Trinajstić information content (AvgIpc) is 2.33. The van der Waals surface area contributed by atoms with Gasteiger partial charge in [-0.25, -0.2) is 4.79 Å². The zero-order chi connectivity index (χ0) is 15.3. The number of benzene rings is 1. The van der Waals surface area contributed by atoms with Gasteiger partial charge in [0.2, 0.25) is 5.91 Å². The van der Waals surface area contributed by atoms with E-state index in [1.165, 1.54) is 13.8 Å². The minimum Gasteiger partial charge on any atom is -0.493 e. The molecule has 0 fully saturated rings. The highest BCUT2D eigenvalue weighted by atomic mass is 35.5. The summed E-state index contributed by atoms with van der Waals surface area (Å²) in [7, 11) is 0. The molecule has 1 aromatic carbocycles. The predicted molar refractivity (Wildman–Crippen MR) is 76.4 cm³/mol. The van der Waals surface area contributed by atoms with Crippen molar-refractivity contribution in [1.82, 2.24) is 5.32 Å². The molecule has 0 unspecified atom stereocenters. The van der Waals surface area contributed by atoms with Crippen LogP contribution in [-0.2, 0) is 9.59 Å². The molecule has 20 heavy (non-hydrogen) atoms. The molecular weight excluding hydrogens is 305 g/mol. The Hall–Kier alpha value is -1.46. The van der Waals surface area contributed by atoms with Gasteiger partial charge in [-0.15, -0.1) is 0 Å². The number of hydrogen-bond acceptors (Lipinski definition) is 3. The van der Waals surface area contributed by atoms with Crippen LogP contribution in [0.2, 0.25) is 10.0 Å². The van der Waals surface area contributed by atoms with Crippen molar-refractivity contribution in [2.75, 3.05) is 6.61 Å². The van der Waals surface area contributed by atoms with Gasteiger partial charge >= 0.3 is 5.97 Å². The average molecular weight is 320 g/mol. The fourth-order valence-electron chi connectivity index (χ4n) is 1.29. The first-order valence-electron chi connectivity index (χ1n) is 5.84. The van der Waals surface area contributed by atoms with Crippen molar-refractivity contribution in [3.63, 3.8) is 0 Å². The summed E-state index contributed by atoms with van der Waals surface area (Å²) < 4.78 is 5.34. The van der Waals surface area contributed by atoms with E-state index in [2.05, 4.69) is 5.32 Å². The molecule has 1 amide bonds. The lowest BCUT2D eigenvalue weighted by Gasteiger charge is -2.20. The third-order valence-corrected chi connectivity index (χ3v) is 3.21. The highest BCUT2D eigenvalue weighted by Crippen LogP contribution is 2.26. The molecule has 110 valence electrons. The van der Waals surface area contributed by atoms with Crippen molar-refractivity contribution in [2.24, 2.45) is 0 Å². The summed E-state index contributed by atoms with van der Waals surface area (Å²) in [6.45, 7) is 2.93. The molecule has 1 rings (SSSR count). The van der Waals surface area contributed by atoms with Crippen LogP contribution in [0.1, 0.15) is 20.3 Å². The molecule has 1 aromatic rings. The van der Waals surface area contributed by atoms with E-state index in [9.17, 15) is 9.59 Å². The first kappa shape index (κ1) is 16.6. The van der Waals surface area contributed by atoms with E-state index >= 15 is 0 Å². The number of aliphatic carboxylic acids is 1. The molecule has 0 atom stereocenters. The van der Waals surface area contributed by atoms with E-state index in [0.717, 1.165) is 0 Å². The number of carboxylic acid groups (broad SMARTS) is 1. The van der Waals surface area contributed by atoms with E-state index in [0.29, 0.717) is 15.8 Å². The van der Waals surface area contributed by atoms with Crippen molar-refractivity contribution < 1.29 is 19.4 Å². The zero-order valence-electron chi connectivity index (χ0n) is 11.1. The Morgan fingerprint density at radius 2 is 1.95 bits per heavy atom. The number of carbonyl (C=O) groups excluding carboxylic acids is 1. The molecule has 0 aliphatic rings. The molecule has 0 aliphatic heterocycles. The fourth-order valence-corrected chi connectivity index (χ4v) is 1.58. The maximum Gasteiger partial charge on any atom is 0.328 e. The van der Waals surface area contributed by atoms with Gasteiger partial charge in [0.15, 0.2) is 0 Å². The lowest BCUT2D eigenvalue weighted by molar-refractivity contribution is -0.146. The Kier molecular flexibility index (Phi) is 5.65. The van der Waals surface area contributed by atoms with Gasteiger partial charge < -0.3 is 15.2 Å². The Bertz CT molecular complexity index is 517. The van der Waals surface area contributed by atoms with E-state index in [-0.39, 0.29) is 13.0 Å². The topological polar surface area (TPSA) is 75.6 Å². The van der Waals surface area contributed by atoms with Gasteiger partial charge in [-0.2, -0.15) is 0 Å². The molecule has 0 aliphatic carbocycles. The summed E-state index contributed by atoms with van der Waals surface area (Å²) in [6.07, 6.45) is 0.0386. The lowest BCUT2D eigenvalue weighted by atomic mass is 10.1.